The third-order valence-electron chi connectivity index (χ3n) is 4.01. The molecular weight excluding hydrogens is 416 g/mol. The molecule has 29 heavy (non-hydrogen) atoms. The van der Waals surface area contributed by atoms with E-state index in [1.807, 2.05) is 31.2 Å². The van der Waals surface area contributed by atoms with Gasteiger partial charge < -0.3 is 10.1 Å². The molecule has 156 valence electrons. The highest BCUT2D eigenvalue weighted by Gasteiger charge is 2.21. The topological polar surface area (TPSA) is 92.8 Å². The van der Waals surface area contributed by atoms with Crippen LogP contribution in [0, 0.1) is 6.92 Å². The lowest BCUT2D eigenvalue weighted by atomic mass is 10.1. The van der Waals surface area contributed by atoms with Crippen molar-refractivity contribution in [2.45, 2.75) is 20.4 Å². The van der Waals surface area contributed by atoms with Crippen molar-refractivity contribution < 1.29 is 22.7 Å². The van der Waals surface area contributed by atoms with Crippen LogP contribution >= 0.6 is 11.6 Å². The number of hydrogen-bond donors (Lipinski definition) is 1. The molecule has 0 atom stereocenters. The highest BCUT2D eigenvalue weighted by atomic mass is 35.5. The number of nitrogens with one attached hydrogen (secondary N) is 1. The highest BCUT2D eigenvalue weighted by molar-refractivity contribution is 7.88. The fourth-order valence-corrected chi connectivity index (χ4v) is 3.45. The molecule has 0 aromatic heterocycles. The fourth-order valence-electron chi connectivity index (χ4n) is 2.52. The van der Waals surface area contributed by atoms with Gasteiger partial charge in [-0.1, -0.05) is 41.4 Å². The van der Waals surface area contributed by atoms with Crippen LogP contribution in [-0.4, -0.2) is 44.0 Å². The van der Waals surface area contributed by atoms with Crippen LogP contribution in [0.3, 0.4) is 0 Å². The maximum Gasteiger partial charge on any atom is 0.339 e. The number of nitrogens with zero attached hydrogens (tertiary/aromatic N) is 1. The molecule has 2 rings (SSSR count). The number of sulfonamides is 1. The van der Waals surface area contributed by atoms with Gasteiger partial charge in [0, 0.05) is 12.2 Å². The van der Waals surface area contributed by atoms with Gasteiger partial charge in [0.15, 0.2) is 0 Å². The summed E-state index contributed by atoms with van der Waals surface area (Å²) >= 11 is 6.01. The van der Waals surface area contributed by atoms with Crippen molar-refractivity contribution in [3.63, 3.8) is 0 Å². The van der Waals surface area contributed by atoms with E-state index in [2.05, 4.69) is 5.32 Å². The molecule has 0 saturated carbocycles. The van der Waals surface area contributed by atoms with E-state index in [4.69, 9.17) is 16.3 Å². The minimum Gasteiger partial charge on any atom is -0.462 e. The summed E-state index contributed by atoms with van der Waals surface area (Å²) < 4.78 is 30.2. The van der Waals surface area contributed by atoms with Gasteiger partial charge >= 0.3 is 5.97 Å². The monoisotopic (exact) mass is 438 g/mol. The van der Waals surface area contributed by atoms with Gasteiger partial charge in [-0.05, 0) is 37.6 Å². The second kappa shape index (κ2) is 9.87. The Morgan fingerprint density at radius 3 is 2.38 bits per heavy atom. The number of benzene rings is 2. The molecule has 0 heterocycles. The smallest absolute Gasteiger partial charge is 0.339 e. The van der Waals surface area contributed by atoms with Crippen molar-refractivity contribution in [1.82, 2.24) is 4.31 Å². The number of anilines is 1. The average molecular weight is 439 g/mol. The van der Waals surface area contributed by atoms with E-state index < -0.39 is 21.9 Å². The molecule has 2 aromatic rings. The summed E-state index contributed by atoms with van der Waals surface area (Å²) in [6.07, 6.45) is 1.05. The predicted molar refractivity (Wildman–Crippen MR) is 112 cm³/mol. The first kappa shape index (κ1) is 22.9. The van der Waals surface area contributed by atoms with Crippen molar-refractivity contribution in [2.24, 2.45) is 0 Å². The van der Waals surface area contributed by atoms with Crippen LogP contribution in [-0.2, 0) is 26.1 Å². The van der Waals surface area contributed by atoms with Crippen LogP contribution in [0.4, 0.5) is 5.69 Å². The van der Waals surface area contributed by atoms with Gasteiger partial charge in [0.05, 0.1) is 30.0 Å². The van der Waals surface area contributed by atoms with Crippen molar-refractivity contribution in [2.75, 3.05) is 24.7 Å². The third kappa shape index (κ3) is 6.85. The zero-order chi connectivity index (χ0) is 21.6. The zero-order valence-corrected chi connectivity index (χ0v) is 18.0. The molecule has 0 fully saturated rings. The Hall–Kier alpha value is -2.42. The maximum atomic E-state index is 12.4. The molecule has 0 bridgehead atoms. The van der Waals surface area contributed by atoms with E-state index in [0.717, 1.165) is 21.7 Å². The van der Waals surface area contributed by atoms with Crippen LogP contribution in [0.25, 0.3) is 0 Å². The Morgan fingerprint density at radius 2 is 1.79 bits per heavy atom. The van der Waals surface area contributed by atoms with Crippen molar-refractivity contribution >= 4 is 39.2 Å². The first-order chi connectivity index (χ1) is 13.6. The standard InChI is InChI=1S/C20H23ClN2O5S/c1-4-28-20(25)17-11-16(9-10-18(17)21)22-19(24)13-23(29(3,26)27)12-15-7-5-14(2)6-8-15/h5-11H,4,12-13H2,1-3H3,(H,22,24). The Bertz CT molecular complexity index is 990. The molecule has 1 amide bonds. The number of carbonyl (C=O) groups is 2. The second-order valence-electron chi connectivity index (χ2n) is 6.48. The largest absolute Gasteiger partial charge is 0.462 e. The quantitative estimate of drug-likeness (QED) is 0.639. The number of carbonyl (C=O) groups excluding carboxylic acids is 2. The second-order valence-corrected chi connectivity index (χ2v) is 8.87. The van der Waals surface area contributed by atoms with Gasteiger partial charge in [-0.3, -0.25) is 4.79 Å². The van der Waals surface area contributed by atoms with Crippen LogP contribution in [0.1, 0.15) is 28.4 Å². The average Bonchev–Trinajstić information content (AvgIpc) is 2.64. The highest BCUT2D eigenvalue weighted by Crippen LogP contribution is 2.22. The number of aryl methyl sites for hydroxylation is 1. The van der Waals surface area contributed by atoms with E-state index in [-0.39, 0.29) is 30.3 Å². The molecule has 0 spiro atoms. The van der Waals surface area contributed by atoms with Gasteiger partial charge in [0.1, 0.15) is 0 Å². The van der Waals surface area contributed by atoms with E-state index >= 15 is 0 Å². The molecule has 0 unspecified atom stereocenters. The van der Waals surface area contributed by atoms with E-state index in [1.165, 1.54) is 18.2 Å². The lowest BCUT2D eigenvalue weighted by molar-refractivity contribution is -0.116. The Balaban J connectivity index is 2.13. The molecular formula is C20H23ClN2O5S. The number of rotatable bonds is 8. The molecule has 0 saturated heterocycles. The molecule has 0 radical (unpaired) electrons. The summed E-state index contributed by atoms with van der Waals surface area (Å²) in [6, 6.07) is 11.8. The fraction of sp³-hybridized carbons (Fsp3) is 0.300. The zero-order valence-electron chi connectivity index (χ0n) is 16.4. The summed E-state index contributed by atoms with van der Waals surface area (Å²) in [5, 5.41) is 2.79. The summed E-state index contributed by atoms with van der Waals surface area (Å²) in [6.45, 7) is 3.49. The third-order valence-corrected chi connectivity index (χ3v) is 5.54. The van der Waals surface area contributed by atoms with Crippen molar-refractivity contribution in [3.05, 3.63) is 64.2 Å². The van der Waals surface area contributed by atoms with Gasteiger partial charge in [0.2, 0.25) is 15.9 Å². The summed E-state index contributed by atoms with van der Waals surface area (Å²) in [4.78, 5) is 24.4. The van der Waals surface area contributed by atoms with E-state index in [0.29, 0.717) is 5.69 Å². The molecule has 9 heteroatoms. The Kier molecular flexibility index (Phi) is 7.78. The van der Waals surface area contributed by atoms with Gasteiger partial charge in [-0.15, -0.1) is 0 Å². The van der Waals surface area contributed by atoms with E-state index in [9.17, 15) is 18.0 Å². The number of amides is 1. The Labute approximate surface area is 175 Å². The van der Waals surface area contributed by atoms with Crippen molar-refractivity contribution in [3.8, 4) is 0 Å². The minimum absolute atomic E-state index is 0.0707. The van der Waals surface area contributed by atoms with Crippen LogP contribution in [0.2, 0.25) is 5.02 Å². The number of hydrogen-bond acceptors (Lipinski definition) is 5. The molecule has 1 N–H and O–H groups in total. The number of esters is 1. The molecule has 0 aliphatic carbocycles. The summed E-state index contributed by atoms with van der Waals surface area (Å²) in [5.41, 5.74) is 2.25. The Morgan fingerprint density at radius 1 is 1.14 bits per heavy atom. The predicted octanol–water partition coefficient (Wildman–Crippen LogP) is 3.23. The number of ether oxygens (including phenoxy) is 1. The van der Waals surface area contributed by atoms with Gasteiger partial charge in [-0.25, -0.2) is 13.2 Å². The minimum atomic E-state index is -3.62. The summed E-state index contributed by atoms with van der Waals surface area (Å²) in [7, 11) is -3.62. The van der Waals surface area contributed by atoms with Crippen LogP contribution in [0.15, 0.2) is 42.5 Å². The lowest BCUT2D eigenvalue weighted by Gasteiger charge is -2.20. The molecule has 2 aromatic carbocycles. The first-order valence-corrected chi connectivity index (χ1v) is 11.1. The maximum absolute atomic E-state index is 12.4. The first-order valence-electron chi connectivity index (χ1n) is 8.87. The van der Waals surface area contributed by atoms with Gasteiger partial charge in [-0.2, -0.15) is 4.31 Å². The van der Waals surface area contributed by atoms with E-state index in [1.54, 1.807) is 6.92 Å². The molecule has 0 aliphatic heterocycles. The van der Waals surface area contributed by atoms with Crippen LogP contribution < -0.4 is 5.32 Å². The lowest BCUT2D eigenvalue weighted by Crippen LogP contribution is -2.36. The normalized spacial score (nSPS) is 11.3. The van der Waals surface area contributed by atoms with Crippen molar-refractivity contribution in [1.29, 1.82) is 0 Å². The summed E-state index contributed by atoms with van der Waals surface area (Å²) in [5.74, 6) is -1.15. The van der Waals surface area contributed by atoms with Crippen LogP contribution in [0.5, 0.6) is 0 Å². The SMILES string of the molecule is CCOC(=O)c1cc(NC(=O)CN(Cc2ccc(C)cc2)S(C)(=O)=O)ccc1Cl. The molecule has 7 nitrogen and oxygen atoms in total. The van der Waals surface area contributed by atoms with Gasteiger partial charge in [0.25, 0.3) is 0 Å². The number of halogens is 1. The molecule has 0 aliphatic rings.